The molecule has 27 heavy (non-hydrogen) atoms. The molecule has 4 aromatic rings. The van der Waals surface area contributed by atoms with Crippen molar-refractivity contribution in [2.24, 2.45) is 5.10 Å². The third kappa shape index (κ3) is 3.54. The molecule has 0 atom stereocenters. The van der Waals surface area contributed by atoms with Crippen LogP contribution in [0.5, 0.6) is 5.75 Å². The Hall–Kier alpha value is -3.19. The van der Waals surface area contributed by atoms with E-state index >= 15 is 0 Å². The number of hydrazone groups is 1. The monoisotopic (exact) mass is 378 g/mol. The summed E-state index contributed by atoms with van der Waals surface area (Å²) < 4.78 is 7.58. The van der Waals surface area contributed by atoms with Crippen LogP contribution < -0.4 is 10.2 Å². The number of nitrogens with zero attached hydrogens (tertiary/aromatic N) is 3. The number of aryl methyl sites for hydroxylation is 2. The highest BCUT2D eigenvalue weighted by molar-refractivity contribution is 7.15. The molecule has 0 bridgehead atoms. The van der Waals surface area contributed by atoms with Crippen LogP contribution in [0.1, 0.15) is 17.1 Å². The third-order valence-corrected chi connectivity index (χ3v) is 5.16. The summed E-state index contributed by atoms with van der Waals surface area (Å²) in [4.78, 5) is 17.4. The highest BCUT2D eigenvalue weighted by Gasteiger charge is 2.10. The maximum absolute atomic E-state index is 12.0. The lowest BCUT2D eigenvalue weighted by Crippen LogP contribution is -2.24. The Bertz CT molecular complexity index is 1160. The average molecular weight is 378 g/mol. The van der Waals surface area contributed by atoms with Crippen LogP contribution >= 0.6 is 11.3 Å². The first kappa shape index (κ1) is 17.2. The summed E-state index contributed by atoms with van der Waals surface area (Å²) in [5.41, 5.74) is 5.32. The van der Waals surface area contributed by atoms with Gasteiger partial charge in [-0.3, -0.25) is 9.20 Å². The van der Waals surface area contributed by atoms with Crippen LogP contribution in [0.25, 0.3) is 15.7 Å². The van der Waals surface area contributed by atoms with Gasteiger partial charge in [0, 0.05) is 11.1 Å². The fourth-order valence-corrected chi connectivity index (χ4v) is 3.80. The van der Waals surface area contributed by atoms with Gasteiger partial charge in [0.1, 0.15) is 5.75 Å². The summed E-state index contributed by atoms with van der Waals surface area (Å²) in [5.74, 6) is 0.329. The second-order valence-corrected chi connectivity index (χ2v) is 7.00. The largest absolute Gasteiger partial charge is 0.484 e. The van der Waals surface area contributed by atoms with Gasteiger partial charge in [-0.1, -0.05) is 30.3 Å². The number of carbonyl (C=O) groups excluding carboxylic acids is 1. The van der Waals surface area contributed by atoms with E-state index in [4.69, 9.17) is 4.74 Å². The first-order valence-corrected chi connectivity index (χ1v) is 9.36. The fraction of sp³-hybridized carbons (Fsp3) is 0.150. The smallest absolute Gasteiger partial charge is 0.277 e. The molecular weight excluding hydrogens is 360 g/mol. The van der Waals surface area contributed by atoms with E-state index in [-0.39, 0.29) is 12.5 Å². The van der Waals surface area contributed by atoms with Crippen molar-refractivity contribution in [1.29, 1.82) is 0 Å². The number of rotatable bonds is 5. The number of ether oxygens (including phenoxy) is 1. The van der Waals surface area contributed by atoms with Crippen LogP contribution in [0.4, 0.5) is 0 Å². The highest BCUT2D eigenvalue weighted by atomic mass is 32.1. The second-order valence-electron chi connectivity index (χ2n) is 6.17. The molecule has 0 spiro atoms. The Kier molecular flexibility index (Phi) is 4.60. The van der Waals surface area contributed by atoms with Gasteiger partial charge in [-0.15, -0.1) is 11.3 Å². The third-order valence-electron chi connectivity index (χ3n) is 4.22. The zero-order valence-electron chi connectivity index (χ0n) is 15.0. The van der Waals surface area contributed by atoms with Crippen LogP contribution in [0.2, 0.25) is 0 Å². The molecule has 6 nitrogen and oxygen atoms in total. The lowest BCUT2D eigenvalue weighted by Gasteiger charge is -2.06. The molecule has 0 aliphatic carbocycles. The number of hydrogen-bond donors (Lipinski definition) is 1. The molecule has 0 unspecified atom stereocenters. The van der Waals surface area contributed by atoms with Crippen molar-refractivity contribution in [3.63, 3.8) is 0 Å². The lowest BCUT2D eigenvalue weighted by molar-refractivity contribution is -0.123. The number of benzene rings is 2. The minimum atomic E-state index is -0.320. The fourth-order valence-electron chi connectivity index (χ4n) is 2.88. The van der Waals surface area contributed by atoms with Crippen LogP contribution in [-0.2, 0) is 4.79 Å². The van der Waals surface area contributed by atoms with E-state index in [0.29, 0.717) is 5.75 Å². The van der Waals surface area contributed by atoms with Crippen molar-refractivity contribution < 1.29 is 9.53 Å². The minimum Gasteiger partial charge on any atom is -0.484 e. The summed E-state index contributed by atoms with van der Waals surface area (Å²) in [6, 6.07) is 13.7. The standard InChI is InChI=1S/C20H18N4O2S/c1-13-12-27-20-22-14(2)18(24(13)20)10-21-23-19(25)11-26-17-8-7-15-5-3-4-6-16(15)9-17/h3-10,12H,11H2,1-2H3,(H,23,25)/b21-10+. The van der Waals surface area contributed by atoms with E-state index in [2.05, 4.69) is 15.5 Å². The Balaban J connectivity index is 1.38. The Morgan fingerprint density at radius 3 is 2.93 bits per heavy atom. The first-order chi connectivity index (χ1) is 13.1. The Labute approximate surface area is 160 Å². The van der Waals surface area contributed by atoms with Gasteiger partial charge in [-0.2, -0.15) is 5.10 Å². The Morgan fingerprint density at radius 1 is 1.26 bits per heavy atom. The van der Waals surface area contributed by atoms with Crippen molar-refractivity contribution in [2.75, 3.05) is 6.61 Å². The molecule has 0 saturated carbocycles. The van der Waals surface area contributed by atoms with E-state index in [1.54, 1.807) is 17.6 Å². The number of thiazole rings is 1. The minimum absolute atomic E-state index is 0.103. The van der Waals surface area contributed by atoms with E-state index in [9.17, 15) is 4.79 Å². The number of amides is 1. The number of aromatic nitrogens is 2. The molecule has 0 radical (unpaired) electrons. The molecular formula is C20H18N4O2S. The van der Waals surface area contributed by atoms with Gasteiger partial charge in [-0.05, 0) is 36.8 Å². The van der Waals surface area contributed by atoms with Crippen molar-refractivity contribution in [1.82, 2.24) is 14.8 Å². The Morgan fingerprint density at radius 2 is 2.07 bits per heavy atom. The molecule has 0 aliphatic rings. The van der Waals surface area contributed by atoms with E-state index in [0.717, 1.165) is 32.8 Å². The number of fused-ring (bicyclic) bond motifs is 2. The molecule has 7 heteroatoms. The van der Waals surface area contributed by atoms with Gasteiger partial charge in [0.05, 0.1) is 17.6 Å². The van der Waals surface area contributed by atoms with Crippen LogP contribution in [-0.4, -0.2) is 28.1 Å². The predicted octanol–water partition coefficient (Wildman–Crippen LogP) is 3.69. The van der Waals surface area contributed by atoms with E-state index in [1.165, 1.54) is 0 Å². The molecule has 1 N–H and O–H groups in total. The van der Waals surface area contributed by atoms with Gasteiger partial charge in [0.15, 0.2) is 11.6 Å². The molecule has 0 aliphatic heterocycles. The average Bonchev–Trinajstić information content (AvgIpc) is 3.19. The molecule has 136 valence electrons. The number of imidazole rings is 1. The van der Waals surface area contributed by atoms with Crippen molar-refractivity contribution >= 4 is 39.2 Å². The number of nitrogens with one attached hydrogen (secondary N) is 1. The van der Waals surface area contributed by atoms with Gasteiger partial charge in [0.2, 0.25) is 0 Å². The van der Waals surface area contributed by atoms with Crippen LogP contribution in [0.15, 0.2) is 52.9 Å². The maximum Gasteiger partial charge on any atom is 0.277 e. The van der Waals surface area contributed by atoms with Gasteiger partial charge < -0.3 is 4.74 Å². The van der Waals surface area contributed by atoms with Gasteiger partial charge >= 0.3 is 0 Å². The summed E-state index contributed by atoms with van der Waals surface area (Å²) in [7, 11) is 0. The topological polar surface area (TPSA) is 68.0 Å². The molecule has 0 saturated heterocycles. The van der Waals surface area contributed by atoms with Gasteiger partial charge in [-0.25, -0.2) is 10.4 Å². The van der Waals surface area contributed by atoms with Crippen molar-refractivity contribution in [3.8, 4) is 5.75 Å². The summed E-state index contributed by atoms with van der Waals surface area (Å²) >= 11 is 1.58. The van der Waals surface area contributed by atoms with Gasteiger partial charge in [0.25, 0.3) is 5.91 Å². The molecule has 4 rings (SSSR count). The van der Waals surface area contributed by atoms with Crippen LogP contribution in [0, 0.1) is 13.8 Å². The number of hydrogen-bond acceptors (Lipinski definition) is 5. The lowest BCUT2D eigenvalue weighted by atomic mass is 10.1. The summed E-state index contributed by atoms with van der Waals surface area (Å²) in [6.45, 7) is 3.83. The zero-order chi connectivity index (χ0) is 18.8. The maximum atomic E-state index is 12.0. The second kappa shape index (κ2) is 7.20. The highest BCUT2D eigenvalue weighted by Crippen LogP contribution is 2.21. The predicted molar refractivity (Wildman–Crippen MR) is 108 cm³/mol. The normalized spacial score (nSPS) is 11.5. The molecule has 2 aromatic heterocycles. The SMILES string of the molecule is Cc1nc2scc(C)n2c1/C=N/NC(=O)COc1ccc2ccccc2c1. The molecule has 2 aromatic carbocycles. The van der Waals surface area contributed by atoms with E-state index in [1.807, 2.05) is 66.1 Å². The first-order valence-electron chi connectivity index (χ1n) is 8.48. The molecule has 0 fully saturated rings. The van der Waals surface area contributed by atoms with E-state index < -0.39 is 0 Å². The number of carbonyl (C=O) groups is 1. The zero-order valence-corrected chi connectivity index (χ0v) is 15.8. The van der Waals surface area contributed by atoms with Crippen molar-refractivity contribution in [3.05, 3.63) is 64.9 Å². The quantitative estimate of drug-likeness (QED) is 0.425. The van der Waals surface area contributed by atoms with Crippen LogP contribution in [0.3, 0.4) is 0 Å². The molecule has 2 heterocycles. The summed E-state index contributed by atoms with van der Waals surface area (Å²) in [6.07, 6.45) is 1.61. The summed E-state index contributed by atoms with van der Waals surface area (Å²) in [5, 5.41) is 8.28. The molecule has 1 amide bonds. The van der Waals surface area contributed by atoms with Crippen molar-refractivity contribution in [2.45, 2.75) is 13.8 Å².